The molecular weight excluding hydrogens is 191 g/mol. The standard InChI is InChI=1S/C14H13O.Li/c1-15-14-9-7-13(8-10-14)11-12-5-3-2-4-6-12;/h2-9H,11H2,1H3;/q-1;+1. The van der Waals surface area contributed by atoms with Gasteiger partial charge >= 0.3 is 18.9 Å². The summed E-state index contributed by atoms with van der Waals surface area (Å²) < 4.78 is 5.06. The maximum atomic E-state index is 5.06. The van der Waals surface area contributed by atoms with Crippen LogP contribution in [0.4, 0.5) is 0 Å². The molecular formula is C14H13LiO. The number of hydrogen-bond acceptors (Lipinski definition) is 1. The topological polar surface area (TPSA) is 9.23 Å². The van der Waals surface area contributed by atoms with Gasteiger partial charge in [-0.3, -0.25) is 0 Å². The third-order valence-corrected chi connectivity index (χ3v) is 2.32. The van der Waals surface area contributed by atoms with Crippen molar-refractivity contribution >= 4 is 0 Å². The third kappa shape index (κ3) is 3.45. The van der Waals surface area contributed by atoms with Crippen molar-refractivity contribution in [3.05, 3.63) is 65.7 Å². The molecule has 0 saturated heterocycles. The zero-order chi connectivity index (χ0) is 10.5. The van der Waals surface area contributed by atoms with Gasteiger partial charge in [-0.05, 0) is 6.42 Å². The number of methoxy groups -OCH3 is 1. The molecule has 0 aromatic heterocycles. The second-order valence-corrected chi connectivity index (χ2v) is 3.43. The van der Waals surface area contributed by atoms with Crippen LogP contribution in [0.5, 0.6) is 5.75 Å². The van der Waals surface area contributed by atoms with Crippen LogP contribution in [0.3, 0.4) is 0 Å². The molecule has 0 bridgehead atoms. The molecule has 0 atom stereocenters. The van der Waals surface area contributed by atoms with Crippen molar-refractivity contribution in [2.75, 3.05) is 7.11 Å². The van der Waals surface area contributed by atoms with E-state index in [1.165, 1.54) is 11.1 Å². The molecule has 16 heavy (non-hydrogen) atoms. The fourth-order valence-electron chi connectivity index (χ4n) is 1.51. The van der Waals surface area contributed by atoms with Gasteiger partial charge in [-0.15, -0.1) is 12.1 Å². The van der Waals surface area contributed by atoms with E-state index in [0.717, 1.165) is 12.2 Å². The van der Waals surface area contributed by atoms with Crippen LogP contribution in [0.25, 0.3) is 0 Å². The smallest absolute Gasteiger partial charge is 0.523 e. The summed E-state index contributed by atoms with van der Waals surface area (Å²) in [7, 11) is 1.66. The van der Waals surface area contributed by atoms with Crippen molar-refractivity contribution in [3.8, 4) is 5.75 Å². The molecule has 0 fully saturated rings. The fraction of sp³-hybridized carbons (Fsp3) is 0.143. The molecule has 0 amide bonds. The molecule has 76 valence electrons. The number of rotatable bonds is 3. The van der Waals surface area contributed by atoms with E-state index in [9.17, 15) is 0 Å². The van der Waals surface area contributed by atoms with Crippen molar-refractivity contribution in [1.82, 2.24) is 0 Å². The van der Waals surface area contributed by atoms with Crippen LogP contribution in [0, 0.1) is 6.07 Å². The normalized spacial score (nSPS) is 9.31. The van der Waals surface area contributed by atoms with Gasteiger partial charge in [0.1, 0.15) is 0 Å². The predicted molar refractivity (Wildman–Crippen MR) is 61.1 cm³/mol. The van der Waals surface area contributed by atoms with Crippen molar-refractivity contribution in [1.29, 1.82) is 0 Å². The molecule has 0 N–H and O–H groups in total. The first-order chi connectivity index (χ1) is 7.38. The zero-order valence-corrected chi connectivity index (χ0v) is 9.73. The van der Waals surface area contributed by atoms with Crippen molar-refractivity contribution in [2.24, 2.45) is 0 Å². The maximum Gasteiger partial charge on any atom is 1.00 e. The van der Waals surface area contributed by atoms with Crippen LogP contribution in [-0.2, 0) is 6.42 Å². The monoisotopic (exact) mass is 204 g/mol. The van der Waals surface area contributed by atoms with Crippen LogP contribution in [0.1, 0.15) is 11.1 Å². The van der Waals surface area contributed by atoms with E-state index in [2.05, 4.69) is 36.4 Å². The summed E-state index contributed by atoms with van der Waals surface area (Å²) in [5.41, 5.74) is 2.57. The van der Waals surface area contributed by atoms with Crippen LogP contribution in [0.15, 0.2) is 48.5 Å². The Balaban J connectivity index is 0.00000128. The third-order valence-electron chi connectivity index (χ3n) is 2.32. The van der Waals surface area contributed by atoms with Gasteiger partial charge in [-0.25, -0.2) is 0 Å². The largest absolute Gasteiger partial charge is 1.00 e. The summed E-state index contributed by atoms with van der Waals surface area (Å²) >= 11 is 0. The molecule has 0 radical (unpaired) electrons. The molecule has 0 heterocycles. The summed E-state index contributed by atoms with van der Waals surface area (Å²) in [5, 5.41) is 0. The van der Waals surface area contributed by atoms with Crippen LogP contribution < -0.4 is 23.6 Å². The average molecular weight is 204 g/mol. The Morgan fingerprint density at radius 3 is 2.31 bits per heavy atom. The van der Waals surface area contributed by atoms with E-state index in [1.54, 1.807) is 7.11 Å². The second kappa shape index (κ2) is 6.43. The van der Waals surface area contributed by atoms with E-state index in [1.807, 2.05) is 18.2 Å². The van der Waals surface area contributed by atoms with Crippen LogP contribution in [0.2, 0.25) is 0 Å². The predicted octanol–water partition coefficient (Wildman–Crippen LogP) is 0.0902. The summed E-state index contributed by atoms with van der Waals surface area (Å²) in [6, 6.07) is 19.5. The Morgan fingerprint density at radius 2 is 1.75 bits per heavy atom. The molecule has 0 saturated carbocycles. The maximum absolute atomic E-state index is 5.06. The summed E-state index contributed by atoms with van der Waals surface area (Å²) in [5.74, 6) is 0.784. The summed E-state index contributed by atoms with van der Waals surface area (Å²) in [6.45, 7) is 0. The van der Waals surface area contributed by atoms with E-state index in [4.69, 9.17) is 4.74 Å². The van der Waals surface area contributed by atoms with Crippen molar-refractivity contribution in [3.63, 3.8) is 0 Å². The van der Waals surface area contributed by atoms with Gasteiger partial charge in [0.2, 0.25) is 0 Å². The Morgan fingerprint density at radius 1 is 1.00 bits per heavy atom. The Bertz CT molecular complexity index is 409. The van der Waals surface area contributed by atoms with Gasteiger partial charge in [0, 0.05) is 5.75 Å². The van der Waals surface area contributed by atoms with Crippen LogP contribution in [-0.4, -0.2) is 7.11 Å². The SMILES string of the molecule is COc1[c-]cc(Cc2ccccc2)cc1.[Li+]. The van der Waals surface area contributed by atoms with E-state index < -0.39 is 0 Å². The summed E-state index contributed by atoms with van der Waals surface area (Å²) in [4.78, 5) is 0. The minimum atomic E-state index is 0. The van der Waals surface area contributed by atoms with Crippen molar-refractivity contribution in [2.45, 2.75) is 6.42 Å². The van der Waals surface area contributed by atoms with E-state index in [-0.39, 0.29) is 18.9 Å². The number of ether oxygens (including phenoxy) is 1. The first kappa shape index (κ1) is 12.9. The van der Waals surface area contributed by atoms with Gasteiger partial charge in [0.15, 0.2) is 0 Å². The molecule has 0 aliphatic carbocycles. The molecule has 2 aromatic rings. The van der Waals surface area contributed by atoms with Gasteiger partial charge in [0.25, 0.3) is 0 Å². The van der Waals surface area contributed by atoms with Gasteiger partial charge < -0.3 is 4.74 Å². The zero-order valence-electron chi connectivity index (χ0n) is 9.73. The quantitative estimate of drug-likeness (QED) is 0.508. The molecule has 0 unspecified atom stereocenters. The number of hydrogen-bond donors (Lipinski definition) is 0. The minimum Gasteiger partial charge on any atom is -0.523 e. The molecule has 0 spiro atoms. The Labute approximate surface area is 109 Å². The molecule has 0 aliphatic heterocycles. The fourth-order valence-corrected chi connectivity index (χ4v) is 1.51. The first-order valence-electron chi connectivity index (χ1n) is 4.97. The van der Waals surface area contributed by atoms with E-state index in [0.29, 0.717) is 0 Å². The molecule has 2 aromatic carbocycles. The Kier molecular flexibility index (Phi) is 5.18. The molecule has 2 rings (SSSR count). The minimum absolute atomic E-state index is 0. The van der Waals surface area contributed by atoms with Crippen LogP contribution >= 0.6 is 0 Å². The van der Waals surface area contributed by atoms with Crippen molar-refractivity contribution < 1.29 is 23.6 Å². The van der Waals surface area contributed by atoms with Gasteiger partial charge in [0.05, 0.1) is 7.11 Å². The average Bonchev–Trinajstić information content (AvgIpc) is 2.31. The Hall–Kier alpha value is -1.16. The molecule has 0 aliphatic rings. The van der Waals surface area contributed by atoms with Gasteiger partial charge in [-0.1, -0.05) is 35.9 Å². The summed E-state index contributed by atoms with van der Waals surface area (Å²) in [6.07, 6.45) is 0.946. The second-order valence-electron chi connectivity index (χ2n) is 3.43. The molecule has 2 heteroatoms. The number of benzene rings is 2. The van der Waals surface area contributed by atoms with Gasteiger partial charge in [-0.2, -0.15) is 17.7 Å². The first-order valence-corrected chi connectivity index (χ1v) is 4.97. The van der Waals surface area contributed by atoms with E-state index >= 15 is 0 Å². The molecule has 1 nitrogen and oxygen atoms in total.